The second kappa shape index (κ2) is 7.82. The van der Waals surface area contributed by atoms with Crippen molar-refractivity contribution in [2.24, 2.45) is 0 Å². The van der Waals surface area contributed by atoms with Crippen LogP contribution < -0.4 is 0 Å². The molecule has 0 saturated heterocycles. The molecule has 0 aliphatic carbocycles. The molecule has 0 saturated carbocycles. The Morgan fingerprint density at radius 3 is 2.53 bits per heavy atom. The van der Waals surface area contributed by atoms with Gasteiger partial charge in [0.05, 0.1) is 13.2 Å². The molecule has 1 rings (SSSR count). The number of hydrogen-bond donors (Lipinski definition) is 0. The summed E-state index contributed by atoms with van der Waals surface area (Å²) in [5.74, 6) is 0. The first-order valence-electron chi connectivity index (χ1n) is 5.20. The molecule has 3 nitrogen and oxygen atoms in total. The van der Waals surface area contributed by atoms with E-state index in [1.165, 1.54) is 4.88 Å². The second-order valence-corrected chi connectivity index (χ2v) is 3.97. The van der Waals surface area contributed by atoms with E-state index in [0.29, 0.717) is 26.4 Å². The third kappa shape index (κ3) is 5.28. The van der Waals surface area contributed by atoms with Crippen molar-refractivity contribution in [2.75, 3.05) is 19.8 Å². The first kappa shape index (κ1) is 12.6. The van der Waals surface area contributed by atoms with Crippen molar-refractivity contribution in [2.45, 2.75) is 26.7 Å². The highest BCUT2D eigenvalue weighted by Gasteiger charge is 2.07. The average Bonchev–Trinajstić information content (AvgIpc) is 2.71. The summed E-state index contributed by atoms with van der Waals surface area (Å²) in [6.45, 7) is 6.31. The van der Waals surface area contributed by atoms with Crippen molar-refractivity contribution in [3.8, 4) is 0 Å². The minimum Gasteiger partial charge on any atom is -0.371 e. The van der Waals surface area contributed by atoms with Gasteiger partial charge >= 0.3 is 0 Å². The maximum absolute atomic E-state index is 5.51. The van der Waals surface area contributed by atoms with Crippen LogP contribution in [0.4, 0.5) is 0 Å². The number of rotatable bonds is 8. The van der Waals surface area contributed by atoms with Crippen LogP contribution in [-0.2, 0) is 20.8 Å². The van der Waals surface area contributed by atoms with Crippen molar-refractivity contribution < 1.29 is 14.2 Å². The summed E-state index contributed by atoms with van der Waals surface area (Å²) in [7, 11) is 0. The molecule has 0 N–H and O–H groups in total. The molecule has 0 atom stereocenters. The number of thiophene rings is 1. The topological polar surface area (TPSA) is 27.7 Å². The van der Waals surface area contributed by atoms with Gasteiger partial charge in [-0.2, -0.15) is 0 Å². The molecule has 1 aromatic rings. The van der Waals surface area contributed by atoms with Gasteiger partial charge in [0, 0.05) is 18.1 Å². The van der Waals surface area contributed by atoms with Crippen molar-refractivity contribution >= 4 is 11.3 Å². The Balaban J connectivity index is 2.15. The molecule has 1 aromatic heterocycles. The molecule has 0 unspecified atom stereocenters. The number of ether oxygens (including phenoxy) is 3. The standard InChI is InChI=1S/C11H18O3S/c1-3-13-11(14-4-2)9-12-8-10-6-5-7-15-10/h5-7,11H,3-4,8-9H2,1-2H3. The Kier molecular flexibility index (Phi) is 6.59. The van der Waals surface area contributed by atoms with Gasteiger partial charge in [-0.05, 0) is 25.3 Å². The highest BCUT2D eigenvalue weighted by molar-refractivity contribution is 7.09. The summed E-state index contributed by atoms with van der Waals surface area (Å²) in [6, 6.07) is 4.08. The molecule has 0 aliphatic heterocycles. The van der Waals surface area contributed by atoms with Crippen molar-refractivity contribution in [1.82, 2.24) is 0 Å². The molecule has 0 radical (unpaired) electrons. The van der Waals surface area contributed by atoms with E-state index in [1.54, 1.807) is 11.3 Å². The molecular weight excluding hydrogens is 212 g/mol. The summed E-state index contributed by atoms with van der Waals surface area (Å²) in [6.07, 6.45) is -0.236. The van der Waals surface area contributed by atoms with Crippen LogP contribution >= 0.6 is 11.3 Å². The fourth-order valence-electron chi connectivity index (χ4n) is 1.17. The van der Waals surface area contributed by atoms with E-state index < -0.39 is 0 Å². The van der Waals surface area contributed by atoms with Crippen molar-refractivity contribution in [3.05, 3.63) is 22.4 Å². The quantitative estimate of drug-likeness (QED) is 0.643. The predicted octanol–water partition coefficient (Wildman–Crippen LogP) is 2.66. The highest BCUT2D eigenvalue weighted by Crippen LogP contribution is 2.10. The van der Waals surface area contributed by atoms with Gasteiger partial charge in [-0.25, -0.2) is 0 Å². The van der Waals surface area contributed by atoms with Gasteiger partial charge in [0.2, 0.25) is 0 Å². The monoisotopic (exact) mass is 230 g/mol. The van der Waals surface area contributed by atoms with Crippen LogP contribution in [0.25, 0.3) is 0 Å². The molecule has 0 amide bonds. The van der Waals surface area contributed by atoms with Gasteiger partial charge in [-0.1, -0.05) is 6.07 Å². The zero-order chi connectivity index (χ0) is 10.9. The first-order valence-corrected chi connectivity index (χ1v) is 6.08. The lowest BCUT2D eigenvalue weighted by Crippen LogP contribution is -2.23. The molecule has 0 spiro atoms. The van der Waals surface area contributed by atoms with E-state index >= 15 is 0 Å². The Morgan fingerprint density at radius 2 is 2.00 bits per heavy atom. The van der Waals surface area contributed by atoms with E-state index in [-0.39, 0.29) is 6.29 Å². The lowest BCUT2D eigenvalue weighted by Gasteiger charge is -2.16. The maximum Gasteiger partial charge on any atom is 0.180 e. The van der Waals surface area contributed by atoms with Gasteiger partial charge in [0.1, 0.15) is 0 Å². The fourth-order valence-corrected chi connectivity index (χ4v) is 1.81. The molecule has 0 aromatic carbocycles. The van der Waals surface area contributed by atoms with Crippen LogP contribution in [0.15, 0.2) is 17.5 Å². The molecular formula is C11H18O3S. The summed E-state index contributed by atoms with van der Waals surface area (Å²) in [5.41, 5.74) is 0. The first-order chi connectivity index (χ1) is 7.36. The Morgan fingerprint density at radius 1 is 1.27 bits per heavy atom. The SMILES string of the molecule is CCOC(COCc1cccs1)OCC. The Labute approximate surface area is 95.0 Å². The van der Waals surface area contributed by atoms with Gasteiger partial charge in [-0.15, -0.1) is 11.3 Å². The van der Waals surface area contributed by atoms with Crippen LogP contribution in [0.3, 0.4) is 0 Å². The molecule has 0 aliphatic rings. The van der Waals surface area contributed by atoms with Crippen LogP contribution in [0.2, 0.25) is 0 Å². The molecule has 4 heteroatoms. The maximum atomic E-state index is 5.51. The van der Waals surface area contributed by atoms with Crippen LogP contribution in [-0.4, -0.2) is 26.1 Å². The summed E-state index contributed by atoms with van der Waals surface area (Å²) >= 11 is 1.69. The lowest BCUT2D eigenvalue weighted by molar-refractivity contribution is -0.169. The van der Waals surface area contributed by atoms with E-state index in [2.05, 4.69) is 6.07 Å². The molecule has 0 bridgehead atoms. The summed E-state index contributed by atoms with van der Waals surface area (Å²) in [5, 5.41) is 2.04. The van der Waals surface area contributed by atoms with E-state index in [9.17, 15) is 0 Å². The van der Waals surface area contributed by atoms with Crippen LogP contribution in [0.5, 0.6) is 0 Å². The average molecular weight is 230 g/mol. The van der Waals surface area contributed by atoms with Crippen molar-refractivity contribution in [3.63, 3.8) is 0 Å². The lowest BCUT2D eigenvalue weighted by atomic mass is 10.5. The zero-order valence-electron chi connectivity index (χ0n) is 9.27. The second-order valence-electron chi connectivity index (χ2n) is 2.93. The summed E-state index contributed by atoms with van der Waals surface area (Å²) in [4.78, 5) is 1.22. The smallest absolute Gasteiger partial charge is 0.180 e. The Bertz CT molecular complexity index is 230. The molecule has 86 valence electrons. The van der Waals surface area contributed by atoms with Gasteiger partial charge in [-0.3, -0.25) is 0 Å². The third-order valence-corrected chi connectivity index (χ3v) is 2.63. The fraction of sp³-hybridized carbons (Fsp3) is 0.636. The van der Waals surface area contributed by atoms with Crippen LogP contribution in [0.1, 0.15) is 18.7 Å². The largest absolute Gasteiger partial charge is 0.371 e. The minimum absolute atomic E-state index is 0.236. The van der Waals surface area contributed by atoms with E-state index in [1.807, 2.05) is 25.3 Å². The van der Waals surface area contributed by atoms with E-state index in [4.69, 9.17) is 14.2 Å². The molecule has 0 fully saturated rings. The minimum atomic E-state index is -0.236. The molecule has 1 heterocycles. The van der Waals surface area contributed by atoms with Gasteiger partial charge in [0.15, 0.2) is 6.29 Å². The van der Waals surface area contributed by atoms with Gasteiger partial charge < -0.3 is 14.2 Å². The predicted molar refractivity (Wildman–Crippen MR) is 61.0 cm³/mol. The number of hydrogen-bond acceptors (Lipinski definition) is 4. The Hall–Kier alpha value is -0.420. The molecule has 15 heavy (non-hydrogen) atoms. The third-order valence-electron chi connectivity index (χ3n) is 1.78. The summed E-state index contributed by atoms with van der Waals surface area (Å²) < 4.78 is 16.2. The zero-order valence-corrected chi connectivity index (χ0v) is 10.1. The normalized spacial score (nSPS) is 11.1. The highest BCUT2D eigenvalue weighted by atomic mass is 32.1. The van der Waals surface area contributed by atoms with Crippen molar-refractivity contribution in [1.29, 1.82) is 0 Å². The van der Waals surface area contributed by atoms with Crippen LogP contribution in [0, 0.1) is 0 Å². The van der Waals surface area contributed by atoms with E-state index in [0.717, 1.165) is 0 Å². The van der Waals surface area contributed by atoms with Gasteiger partial charge in [0.25, 0.3) is 0 Å².